The number of carbonyl (C=O) groups is 1. The highest BCUT2D eigenvalue weighted by molar-refractivity contribution is 7.11. The minimum Gasteiger partial charge on any atom is -0.396 e. The van der Waals surface area contributed by atoms with Gasteiger partial charge in [0, 0.05) is 30.4 Å². The predicted molar refractivity (Wildman–Crippen MR) is 93.9 cm³/mol. The third kappa shape index (κ3) is 3.65. The van der Waals surface area contributed by atoms with Gasteiger partial charge in [0.1, 0.15) is 5.01 Å². The van der Waals surface area contributed by atoms with E-state index >= 15 is 0 Å². The van der Waals surface area contributed by atoms with Crippen molar-refractivity contribution in [1.29, 1.82) is 0 Å². The van der Waals surface area contributed by atoms with Crippen molar-refractivity contribution >= 4 is 17.2 Å². The second kappa shape index (κ2) is 7.10. The standard InChI is InChI=1S/C18H27N3O2S/c22-8-7-17(23)19-15-10-21(9-13(15)12-5-6-12)11-18-20-14-3-1-2-4-16(14)24-18/h12-13,15,22H,1-11H2,(H,19,23). The molecule has 6 heteroatoms. The van der Waals surface area contributed by atoms with Crippen molar-refractivity contribution in [2.24, 2.45) is 11.8 Å². The lowest BCUT2D eigenvalue weighted by molar-refractivity contribution is -0.122. The summed E-state index contributed by atoms with van der Waals surface area (Å²) in [5.74, 6) is 1.33. The molecule has 1 amide bonds. The van der Waals surface area contributed by atoms with Gasteiger partial charge in [0.15, 0.2) is 0 Å². The van der Waals surface area contributed by atoms with Gasteiger partial charge in [-0.3, -0.25) is 9.69 Å². The largest absolute Gasteiger partial charge is 0.396 e. The summed E-state index contributed by atoms with van der Waals surface area (Å²) in [6.07, 6.45) is 7.76. The Morgan fingerprint density at radius 2 is 2.12 bits per heavy atom. The summed E-state index contributed by atoms with van der Waals surface area (Å²) in [7, 11) is 0. The van der Waals surface area contributed by atoms with E-state index < -0.39 is 0 Å². The molecule has 0 spiro atoms. The van der Waals surface area contributed by atoms with Gasteiger partial charge in [0.05, 0.1) is 18.8 Å². The summed E-state index contributed by atoms with van der Waals surface area (Å²) >= 11 is 1.90. The summed E-state index contributed by atoms with van der Waals surface area (Å²) in [4.78, 5) is 20.7. The number of aliphatic hydroxyl groups excluding tert-OH is 1. The number of nitrogens with one attached hydrogen (secondary N) is 1. The van der Waals surface area contributed by atoms with Gasteiger partial charge in [-0.2, -0.15) is 0 Å². The number of amides is 1. The zero-order chi connectivity index (χ0) is 16.5. The van der Waals surface area contributed by atoms with Crippen LogP contribution in [-0.4, -0.2) is 46.6 Å². The van der Waals surface area contributed by atoms with E-state index in [0.717, 1.165) is 32.0 Å². The van der Waals surface area contributed by atoms with E-state index in [0.29, 0.717) is 5.92 Å². The monoisotopic (exact) mass is 349 g/mol. The Labute approximate surface area is 147 Å². The summed E-state index contributed by atoms with van der Waals surface area (Å²) in [6, 6.07) is 0.242. The van der Waals surface area contributed by atoms with Crippen LogP contribution in [0.15, 0.2) is 0 Å². The van der Waals surface area contributed by atoms with Crippen LogP contribution in [0.5, 0.6) is 0 Å². The molecule has 1 aromatic rings. The summed E-state index contributed by atoms with van der Waals surface area (Å²) in [5.41, 5.74) is 1.34. The number of fused-ring (bicyclic) bond motifs is 1. The van der Waals surface area contributed by atoms with Crippen LogP contribution in [0.1, 0.15) is 47.7 Å². The SMILES string of the molecule is O=C(CCO)NC1CN(Cc2nc3c(s2)CCCC3)CC1C1CC1. The third-order valence-corrected chi connectivity index (χ3v) is 6.74. The zero-order valence-electron chi connectivity index (χ0n) is 14.2. The van der Waals surface area contributed by atoms with Crippen molar-refractivity contribution < 1.29 is 9.90 Å². The number of aryl methyl sites for hydroxylation is 2. The van der Waals surface area contributed by atoms with Gasteiger partial charge < -0.3 is 10.4 Å². The van der Waals surface area contributed by atoms with Gasteiger partial charge in [-0.05, 0) is 50.4 Å². The highest BCUT2D eigenvalue weighted by Crippen LogP contribution is 2.42. The number of likely N-dealkylation sites (tertiary alicyclic amines) is 1. The Balaban J connectivity index is 1.39. The van der Waals surface area contributed by atoms with Crippen LogP contribution in [0, 0.1) is 11.8 Å². The summed E-state index contributed by atoms with van der Waals surface area (Å²) in [6.45, 7) is 2.84. The maximum Gasteiger partial charge on any atom is 0.222 e. The van der Waals surface area contributed by atoms with Gasteiger partial charge >= 0.3 is 0 Å². The fourth-order valence-corrected chi connectivity index (χ4v) is 5.44. The first-order valence-corrected chi connectivity index (χ1v) is 10.1. The molecular formula is C18H27N3O2S. The number of aliphatic hydroxyl groups is 1. The lowest BCUT2D eigenvalue weighted by atomic mass is 9.98. The number of rotatable bonds is 6. The van der Waals surface area contributed by atoms with Crippen molar-refractivity contribution in [2.75, 3.05) is 19.7 Å². The van der Waals surface area contributed by atoms with Crippen LogP contribution in [0.3, 0.4) is 0 Å². The maximum absolute atomic E-state index is 11.9. The molecule has 0 aromatic carbocycles. The Morgan fingerprint density at radius 3 is 2.88 bits per heavy atom. The molecule has 24 heavy (non-hydrogen) atoms. The van der Waals surface area contributed by atoms with Crippen molar-refractivity contribution in [2.45, 2.75) is 57.5 Å². The molecule has 2 atom stereocenters. The van der Waals surface area contributed by atoms with E-state index in [1.165, 1.54) is 47.7 Å². The molecule has 2 fully saturated rings. The molecule has 2 unspecified atom stereocenters. The number of hydrogen-bond acceptors (Lipinski definition) is 5. The van der Waals surface area contributed by atoms with Crippen LogP contribution in [0.4, 0.5) is 0 Å². The molecule has 132 valence electrons. The highest BCUT2D eigenvalue weighted by Gasteiger charge is 2.43. The predicted octanol–water partition coefficient (Wildman–Crippen LogP) is 1.73. The van der Waals surface area contributed by atoms with Crippen molar-refractivity contribution in [3.05, 3.63) is 15.6 Å². The minimum atomic E-state index is -0.0684. The quantitative estimate of drug-likeness (QED) is 0.821. The number of carbonyl (C=O) groups excluding carboxylic acids is 1. The highest BCUT2D eigenvalue weighted by atomic mass is 32.1. The van der Waals surface area contributed by atoms with Crippen molar-refractivity contribution in [3.8, 4) is 0 Å². The molecule has 3 aliphatic rings. The first-order chi connectivity index (χ1) is 11.7. The molecule has 1 saturated carbocycles. The Hall–Kier alpha value is -0.980. The smallest absolute Gasteiger partial charge is 0.222 e. The van der Waals surface area contributed by atoms with Gasteiger partial charge in [0.2, 0.25) is 5.91 Å². The van der Waals surface area contributed by atoms with Gasteiger partial charge in [0.25, 0.3) is 0 Å². The van der Waals surface area contributed by atoms with Crippen molar-refractivity contribution in [3.63, 3.8) is 0 Å². The Morgan fingerprint density at radius 1 is 1.29 bits per heavy atom. The average Bonchev–Trinajstić information content (AvgIpc) is 3.21. The second-order valence-corrected chi connectivity index (χ2v) is 8.70. The van der Waals surface area contributed by atoms with Crippen LogP contribution in [0.2, 0.25) is 0 Å². The molecule has 0 radical (unpaired) electrons. The zero-order valence-corrected chi connectivity index (χ0v) is 15.0. The summed E-state index contributed by atoms with van der Waals surface area (Å²) < 4.78 is 0. The van der Waals surface area contributed by atoms with E-state index in [1.54, 1.807) is 0 Å². The number of thiazole rings is 1. The first-order valence-electron chi connectivity index (χ1n) is 9.33. The van der Waals surface area contributed by atoms with Gasteiger partial charge in [-0.15, -0.1) is 11.3 Å². The molecule has 5 nitrogen and oxygen atoms in total. The minimum absolute atomic E-state index is 0.0142. The van der Waals surface area contributed by atoms with E-state index in [4.69, 9.17) is 10.1 Å². The van der Waals surface area contributed by atoms with E-state index in [1.807, 2.05) is 11.3 Å². The van der Waals surface area contributed by atoms with Gasteiger partial charge in [-0.25, -0.2) is 4.98 Å². The molecule has 1 aromatic heterocycles. The summed E-state index contributed by atoms with van der Waals surface area (Å²) in [5, 5.41) is 13.4. The molecular weight excluding hydrogens is 322 g/mol. The molecule has 2 aliphatic carbocycles. The van der Waals surface area contributed by atoms with Crippen LogP contribution < -0.4 is 5.32 Å². The topological polar surface area (TPSA) is 65.5 Å². The van der Waals surface area contributed by atoms with Crippen LogP contribution >= 0.6 is 11.3 Å². The fourth-order valence-electron chi connectivity index (χ4n) is 4.24. The molecule has 1 aliphatic heterocycles. The first kappa shape index (κ1) is 16.5. The molecule has 2 N–H and O–H groups in total. The molecule has 4 rings (SSSR count). The Kier molecular flexibility index (Phi) is 4.88. The molecule has 0 bridgehead atoms. The van der Waals surface area contributed by atoms with Crippen molar-refractivity contribution in [1.82, 2.24) is 15.2 Å². The van der Waals surface area contributed by atoms with Crippen LogP contribution in [0.25, 0.3) is 0 Å². The average molecular weight is 350 g/mol. The normalized spacial score (nSPS) is 27.2. The number of aromatic nitrogens is 1. The third-order valence-electron chi connectivity index (χ3n) is 5.60. The number of nitrogens with zero attached hydrogens (tertiary/aromatic N) is 2. The maximum atomic E-state index is 11.9. The van der Waals surface area contributed by atoms with E-state index in [9.17, 15) is 4.79 Å². The van der Waals surface area contributed by atoms with E-state index in [2.05, 4.69) is 10.2 Å². The number of hydrogen-bond donors (Lipinski definition) is 2. The Bertz CT molecular complexity index is 576. The van der Waals surface area contributed by atoms with E-state index in [-0.39, 0.29) is 25.0 Å². The lowest BCUT2D eigenvalue weighted by Crippen LogP contribution is -2.41. The van der Waals surface area contributed by atoms with Gasteiger partial charge in [-0.1, -0.05) is 0 Å². The molecule has 1 saturated heterocycles. The lowest BCUT2D eigenvalue weighted by Gasteiger charge is -2.19. The second-order valence-electron chi connectivity index (χ2n) is 7.53. The molecule has 2 heterocycles. The fraction of sp³-hybridized carbons (Fsp3) is 0.778. The van der Waals surface area contributed by atoms with Crippen LogP contribution in [-0.2, 0) is 24.2 Å².